The minimum atomic E-state index is -0.669. The molecule has 0 aliphatic carbocycles. The minimum Gasteiger partial charge on any atom is -0.392 e. The Morgan fingerprint density at radius 2 is 2.17 bits per heavy atom. The number of aliphatic hydroxyl groups is 1. The molecule has 0 saturated carbocycles. The maximum absolute atomic E-state index is 13.4. The fourth-order valence-electron chi connectivity index (χ4n) is 1.37. The molecule has 1 aromatic carbocycles. The van der Waals surface area contributed by atoms with Crippen LogP contribution in [0.1, 0.15) is 25.8 Å². The zero-order valence-corrected chi connectivity index (χ0v) is 12.0. The molecule has 1 atom stereocenters. The van der Waals surface area contributed by atoms with Crippen LogP contribution in [0.5, 0.6) is 0 Å². The van der Waals surface area contributed by atoms with Gasteiger partial charge >= 0.3 is 0 Å². The van der Waals surface area contributed by atoms with Crippen LogP contribution in [0.4, 0.5) is 4.39 Å². The van der Waals surface area contributed by atoms with Gasteiger partial charge in [0.1, 0.15) is 5.82 Å². The van der Waals surface area contributed by atoms with E-state index >= 15 is 0 Å². The standard InChI is InChI=1S/C13H17BrFNO2/c1-8(2)12(17)6-13(18)16-7-9-5-10(14)3-4-11(9)15/h3-5,8,12,17H,6-7H2,1-2H3,(H,16,18). The number of hydrogen-bond acceptors (Lipinski definition) is 2. The molecule has 1 unspecified atom stereocenters. The first kappa shape index (κ1) is 15.1. The number of halogens is 2. The molecule has 0 radical (unpaired) electrons. The summed E-state index contributed by atoms with van der Waals surface area (Å²) >= 11 is 3.24. The van der Waals surface area contributed by atoms with Gasteiger partial charge in [-0.1, -0.05) is 29.8 Å². The van der Waals surface area contributed by atoms with Gasteiger partial charge in [0.25, 0.3) is 0 Å². The maximum Gasteiger partial charge on any atom is 0.222 e. The number of carbonyl (C=O) groups is 1. The number of aliphatic hydroxyl groups excluding tert-OH is 1. The summed E-state index contributed by atoms with van der Waals surface area (Å²) in [6, 6.07) is 4.56. The van der Waals surface area contributed by atoms with Crippen LogP contribution >= 0.6 is 15.9 Å². The molecule has 3 nitrogen and oxygen atoms in total. The van der Waals surface area contributed by atoms with E-state index in [1.165, 1.54) is 6.07 Å². The van der Waals surface area contributed by atoms with Crippen LogP contribution in [0.3, 0.4) is 0 Å². The van der Waals surface area contributed by atoms with E-state index in [0.717, 1.165) is 4.47 Å². The molecular weight excluding hydrogens is 301 g/mol. The van der Waals surface area contributed by atoms with Crippen LogP contribution in [-0.4, -0.2) is 17.1 Å². The third-order valence-corrected chi connectivity index (χ3v) is 3.14. The summed E-state index contributed by atoms with van der Waals surface area (Å²) in [5.41, 5.74) is 0.414. The predicted molar refractivity (Wildman–Crippen MR) is 71.4 cm³/mol. The number of hydrogen-bond donors (Lipinski definition) is 2. The monoisotopic (exact) mass is 317 g/mol. The largest absolute Gasteiger partial charge is 0.392 e. The molecule has 0 aliphatic rings. The van der Waals surface area contributed by atoms with Crippen molar-refractivity contribution in [2.45, 2.75) is 32.9 Å². The second-order valence-corrected chi connectivity index (χ2v) is 5.44. The smallest absolute Gasteiger partial charge is 0.222 e. The Labute approximate surface area is 115 Å². The fourth-order valence-corrected chi connectivity index (χ4v) is 1.78. The predicted octanol–water partition coefficient (Wildman–Crippen LogP) is 2.61. The molecule has 0 spiro atoms. The van der Waals surface area contributed by atoms with Gasteiger partial charge in [-0.15, -0.1) is 0 Å². The molecule has 0 aliphatic heterocycles. The van der Waals surface area contributed by atoms with Crippen molar-refractivity contribution in [2.75, 3.05) is 0 Å². The summed E-state index contributed by atoms with van der Waals surface area (Å²) < 4.78 is 14.1. The van der Waals surface area contributed by atoms with E-state index in [1.807, 2.05) is 13.8 Å². The lowest BCUT2D eigenvalue weighted by Gasteiger charge is -2.14. The lowest BCUT2D eigenvalue weighted by Crippen LogP contribution is -2.29. The molecule has 0 aromatic heterocycles. The SMILES string of the molecule is CC(C)C(O)CC(=O)NCc1cc(Br)ccc1F. The van der Waals surface area contributed by atoms with Crippen LogP contribution in [0.2, 0.25) is 0 Å². The third kappa shape index (κ3) is 4.74. The topological polar surface area (TPSA) is 49.3 Å². The summed E-state index contributed by atoms with van der Waals surface area (Å²) in [6.45, 7) is 3.80. The highest BCUT2D eigenvalue weighted by molar-refractivity contribution is 9.10. The van der Waals surface area contributed by atoms with E-state index in [-0.39, 0.29) is 30.6 Å². The van der Waals surface area contributed by atoms with Crippen molar-refractivity contribution in [3.05, 3.63) is 34.1 Å². The lowest BCUT2D eigenvalue weighted by atomic mass is 10.0. The molecule has 0 bridgehead atoms. The number of nitrogens with one attached hydrogen (secondary N) is 1. The summed E-state index contributed by atoms with van der Waals surface area (Å²) in [6.07, 6.45) is -0.634. The molecule has 100 valence electrons. The van der Waals surface area contributed by atoms with Gasteiger partial charge in [-0.3, -0.25) is 4.79 Å². The van der Waals surface area contributed by atoms with Gasteiger partial charge in [0.2, 0.25) is 5.91 Å². The molecule has 0 heterocycles. The summed E-state index contributed by atoms with van der Waals surface area (Å²) in [5.74, 6) is -0.614. The van der Waals surface area contributed by atoms with Crippen molar-refractivity contribution in [3.8, 4) is 0 Å². The Balaban J connectivity index is 2.50. The Kier molecular flexibility index (Phi) is 5.75. The van der Waals surface area contributed by atoms with Gasteiger partial charge in [0.15, 0.2) is 0 Å². The molecule has 18 heavy (non-hydrogen) atoms. The Bertz CT molecular complexity index is 423. The lowest BCUT2D eigenvalue weighted by molar-refractivity contribution is -0.123. The van der Waals surface area contributed by atoms with Crippen LogP contribution in [-0.2, 0) is 11.3 Å². The van der Waals surface area contributed by atoms with E-state index < -0.39 is 6.10 Å². The minimum absolute atomic E-state index is 0.0263. The Hall–Kier alpha value is -0.940. The van der Waals surface area contributed by atoms with Crippen LogP contribution in [0.15, 0.2) is 22.7 Å². The van der Waals surface area contributed by atoms with Gasteiger partial charge in [-0.2, -0.15) is 0 Å². The number of amides is 1. The molecule has 1 rings (SSSR count). The highest BCUT2D eigenvalue weighted by Crippen LogP contribution is 2.15. The molecule has 5 heteroatoms. The third-order valence-electron chi connectivity index (χ3n) is 2.65. The van der Waals surface area contributed by atoms with Crippen molar-refractivity contribution >= 4 is 21.8 Å². The van der Waals surface area contributed by atoms with E-state index in [9.17, 15) is 14.3 Å². The van der Waals surface area contributed by atoms with Gasteiger partial charge in [-0.05, 0) is 24.1 Å². The number of carbonyl (C=O) groups excluding carboxylic acids is 1. The molecule has 0 saturated heterocycles. The molecule has 2 N–H and O–H groups in total. The quantitative estimate of drug-likeness (QED) is 0.877. The van der Waals surface area contributed by atoms with Gasteiger partial charge in [0, 0.05) is 16.6 Å². The highest BCUT2D eigenvalue weighted by atomic mass is 79.9. The van der Waals surface area contributed by atoms with Crippen LogP contribution < -0.4 is 5.32 Å². The number of rotatable bonds is 5. The normalized spacial score (nSPS) is 12.6. The zero-order chi connectivity index (χ0) is 13.7. The van der Waals surface area contributed by atoms with Crippen molar-refractivity contribution in [2.24, 2.45) is 5.92 Å². The van der Waals surface area contributed by atoms with Gasteiger partial charge in [0.05, 0.1) is 12.5 Å². The van der Waals surface area contributed by atoms with Crippen LogP contribution in [0, 0.1) is 11.7 Å². The second kappa shape index (κ2) is 6.85. The van der Waals surface area contributed by atoms with Gasteiger partial charge < -0.3 is 10.4 Å². The molecular formula is C13H17BrFNO2. The molecule has 1 amide bonds. The summed E-state index contributed by atoms with van der Waals surface area (Å²) in [4.78, 5) is 11.5. The first-order valence-corrected chi connectivity index (χ1v) is 6.58. The first-order chi connectivity index (χ1) is 8.40. The summed E-state index contributed by atoms with van der Waals surface area (Å²) in [7, 11) is 0. The second-order valence-electron chi connectivity index (χ2n) is 4.53. The Morgan fingerprint density at radius 1 is 1.50 bits per heavy atom. The van der Waals surface area contributed by atoms with E-state index in [1.54, 1.807) is 12.1 Å². The van der Waals surface area contributed by atoms with Crippen LogP contribution in [0.25, 0.3) is 0 Å². The first-order valence-electron chi connectivity index (χ1n) is 5.79. The average molecular weight is 318 g/mol. The molecule has 0 fully saturated rings. The van der Waals surface area contributed by atoms with Crippen molar-refractivity contribution in [1.29, 1.82) is 0 Å². The molecule has 1 aromatic rings. The maximum atomic E-state index is 13.4. The number of benzene rings is 1. The zero-order valence-electron chi connectivity index (χ0n) is 10.4. The van der Waals surface area contributed by atoms with Crippen molar-refractivity contribution in [1.82, 2.24) is 5.32 Å². The van der Waals surface area contributed by atoms with Crippen molar-refractivity contribution < 1.29 is 14.3 Å². The highest BCUT2D eigenvalue weighted by Gasteiger charge is 2.14. The van der Waals surface area contributed by atoms with Gasteiger partial charge in [-0.25, -0.2) is 4.39 Å². The van der Waals surface area contributed by atoms with E-state index in [0.29, 0.717) is 5.56 Å². The van der Waals surface area contributed by atoms with Crippen molar-refractivity contribution in [3.63, 3.8) is 0 Å². The fraction of sp³-hybridized carbons (Fsp3) is 0.462. The summed E-state index contributed by atoms with van der Waals surface area (Å²) in [5, 5.41) is 12.1. The Morgan fingerprint density at radius 3 is 2.78 bits per heavy atom. The van der Waals surface area contributed by atoms with E-state index in [2.05, 4.69) is 21.2 Å². The van der Waals surface area contributed by atoms with E-state index in [4.69, 9.17) is 0 Å². The average Bonchev–Trinajstić information content (AvgIpc) is 2.30.